The van der Waals surface area contributed by atoms with Crippen LogP contribution in [0.15, 0.2) is 35.5 Å². The zero-order chi connectivity index (χ0) is 14.4. The number of likely N-dealkylation sites (tertiary alicyclic amines) is 1. The van der Waals surface area contributed by atoms with Crippen molar-refractivity contribution >= 4 is 11.7 Å². The highest BCUT2D eigenvalue weighted by Gasteiger charge is 2.31. The first-order chi connectivity index (χ1) is 9.72. The Bertz CT molecular complexity index is 476. The molecule has 0 saturated carbocycles. The number of oxime groups is 1. The molecule has 6 nitrogen and oxygen atoms in total. The summed E-state index contributed by atoms with van der Waals surface area (Å²) in [6.07, 6.45) is 1.89. The Labute approximate surface area is 117 Å². The van der Waals surface area contributed by atoms with Crippen molar-refractivity contribution in [3.8, 4) is 5.75 Å². The number of hydrogen-bond donors (Lipinski definition) is 2. The average molecular weight is 277 g/mol. The quantitative estimate of drug-likeness (QED) is 0.366. The highest BCUT2D eigenvalue weighted by Crippen LogP contribution is 2.18. The molecule has 0 aliphatic carbocycles. The van der Waals surface area contributed by atoms with Crippen LogP contribution in [0.1, 0.15) is 19.3 Å². The van der Waals surface area contributed by atoms with Crippen molar-refractivity contribution in [2.75, 3.05) is 13.2 Å². The van der Waals surface area contributed by atoms with Crippen LogP contribution in [0.5, 0.6) is 5.75 Å². The van der Waals surface area contributed by atoms with Gasteiger partial charge in [-0.25, -0.2) is 0 Å². The summed E-state index contributed by atoms with van der Waals surface area (Å²) in [6, 6.07) is 9.07. The lowest BCUT2D eigenvalue weighted by Crippen LogP contribution is -2.44. The number of ether oxygens (including phenoxy) is 1. The molecule has 1 aliphatic heterocycles. The van der Waals surface area contributed by atoms with Crippen LogP contribution in [0.2, 0.25) is 0 Å². The number of nitrogens with zero attached hydrogens (tertiary/aromatic N) is 2. The molecule has 0 aromatic heterocycles. The van der Waals surface area contributed by atoms with Gasteiger partial charge in [0.2, 0.25) is 5.91 Å². The first kappa shape index (κ1) is 14.2. The summed E-state index contributed by atoms with van der Waals surface area (Å²) in [4.78, 5) is 13.8. The van der Waals surface area contributed by atoms with Crippen molar-refractivity contribution in [2.45, 2.75) is 25.3 Å². The van der Waals surface area contributed by atoms with Gasteiger partial charge >= 0.3 is 0 Å². The maximum atomic E-state index is 12.1. The third kappa shape index (κ3) is 3.40. The molecule has 108 valence electrons. The Morgan fingerprint density at radius 2 is 2.20 bits per heavy atom. The lowest BCUT2D eigenvalue weighted by atomic mass is 10.2. The van der Waals surface area contributed by atoms with E-state index in [-0.39, 0.29) is 24.2 Å². The zero-order valence-corrected chi connectivity index (χ0v) is 11.2. The molecule has 2 rings (SSSR count). The van der Waals surface area contributed by atoms with Crippen LogP contribution < -0.4 is 10.5 Å². The average Bonchev–Trinajstić information content (AvgIpc) is 2.97. The predicted octanol–water partition coefficient (Wildman–Crippen LogP) is 1.19. The second-order valence-corrected chi connectivity index (χ2v) is 4.68. The molecule has 1 unspecified atom stereocenters. The SMILES string of the molecule is NC(=NO)C1CCCN1C(=O)CCOc1ccccc1. The normalized spacial score (nSPS) is 19.1. The summed E-state index contributed by atoms with van der Waals surface area (Å²) in [5.41, 5.74) is 5.60. The predicted molar refractivity (Wildman–Crippen MR) is 74.7 cm³/mol. The van der Waals surface area contributed by atoms with Crippen molar-refractivity contribution in [2.24, 2.45) is 10.9 Å². The summed E-state index contributed by atoms with van der Waals surface area (Å²) in [5, 5.41) is 11.7. The van der Waals surface area contributed by atoms with Gasteiger partial charge in [-0.2, -0.15) is 0 Å². The van der Waals surface area contributed by atoms with Crippen LogP contribution in [-0.2, 0) is 4.79 Å². The maximum absolute atomic E-state index is 12.1. The van der Waals surface area contributed by atoms with Crippen LogP contribution in [0.4, 0.5) is 0 Å². The van der Waals surface area contributed by atoms with E-state index >= 15 is 0 Å². The largest absolute Gasteiger partial charge is 0.493 e. The summed E-state index contributed by atoms with van der Waals surface area (Å²) >= 11 is 0. The van der Waals surface area contributed by atoms with Crippen molar-refractivity contribution in [3.63, 3.8) is 0 Å². The van der Waals surface area contributed by atoms with Crippen molar-refractivity contribution in [3.05, 3.63) is 30.3 Å². The Morgan fingerprint density at radius 3 is 2.90 bits per heavy atom. The number of carbonyl (C=O) groups is 1. The zero-order valence-electron chi connectivity index (χ0n) is 11.2. The van der Waals surface area contributed by atoms with Crippen LogP contribution in [0.25, 0.3) is 0 Å². The van der Waals surface area contributed by atoms with E-state index in [4.69, 9.17) is 15.7 Å². The van der Waals surface area contributed by atoms with Gasteiger partial charge in [0, 0.05) is 6.54 Å². The number of benzene rings is 1. The minimum absolute atomic E-state index is 0.0324. The molecule has 0 bridgehead atoms. The first-order valence-corrected chi connectivity index (χ1v) is 6.67. The molecule has 1 aliphatic rings. The summed E-state index contributed by atoms with van der Waals surface area (Å²) in [6.45, 7) is 0.966. The minimum Gasteiger partial charge on any atom is -0.493 e. The molecule has 1 saturated heterocycles. The second kappa shape index (κ2) is 6.79. The number of para-hydroxylation sites is 1. The van der Waals surface area contributed by atoms with E-state index in [0.717, 1.165) is 18.6 Å². The van der Waals surface area contributed by atoms with Crippen LogP contribution in [0, 0.1) is 0 Å². The van der Waals surface area contributed by atoms with Gasteiger partial charge in [0.15, 0.2) is 5.84 Å². The fraction of sp³-hybridized carbons (Fsp3) is 0.429. The Hall–Kier alpha value is -2.24. The fourth-order valence-electron chi connectivity index (χ4n) is 2.36. The number of nitrogens with two attached hydrogens (primary N) is 1. The Kier molecular flexibility index (Phi) is 4.81. The molecule has 0 radical (unpaired) electrons. The molecule has 1 atom stereocenters. The van der Waals surface area contributed by atoms with Crippen molar-refractivity contribution in [1.29, 1.82) is 0 Å². The number of rotatable bonds is 5. The standard InChI is InChI=1S/C14H19N3O3/c15-14(16-19)12-7-4-9-17(12)13(18)8-10-20-11-5-2-1-3-6-11/h1-3,5-6,12,19H,4,7-10H2,(H2,15,16). The number of amidine groups is 1. The fourth-order valence-corrected chi connectivity index (χ4v) is 2.36. The van der Waals surface area contributed by atoms with Gasteiger partial charge in [-0.15, -0.1) is 0 Å². The monoisotopic (exact) mass is 277 g/mol. The molecule has 1 fully saturated rings. The molecule has 3 N–H and O–H groups in total. The Balaban J connectivity index is 1.82. The molecular weight excluding hydrogens is 258 g/mol. The van der Waals surface area contributed by atoms with E-state index in [2.05, 4.69) is 5.16 Å². The second-order valence-electron chi connectivity index (χ2n) is 4.68. The van der Waals surface area contributed by atoms with Crippen molar-refractivity contribution in [1.82, 2.24) is 4.90 Å². The molecule has 1 aromatic rings. The molecule has 1 aromatic carbocycles. The molecule has 1 heterocycles. The van der Waals surface area contributed by atoms with Crippen LogP contribution >= 0.6 is 0 Å². The van der Waals surface area contributed by atoms with E-state index in [1.54, 1.807) is 4.90 Å². The molecule has 6 heteroatoms. The highest BCUT2D eigenvalue weighted by atomic mass is 16.5. The summed E-state index contributed by atoms with van der Waals surface area (Å²) in [7, 11) is 0. The maximum Gasteiger partial charge on any atom is 0.226 e. The topological polar surface area (TPSA) is 88.2 Å². The molecular formula is C14H19N3O3. The summed E-state index contributed by atoms with van der Waals surface area (Å²) < 4.78 is 5.50. The van der Waals surface area contributed by atoms with Crippen LogP contribution in [-0.4, -0.2) is 41.0 Å². The number of hydrogen-bond acceptors (Lipinski definition) is 4. The molecule has 20 heavy (non-hydrogen) atoms. The third-order valence-corrected chi connectivity index (χ3v) is 3.36. The van der Waals surface area contributed by atoms with E-state index in [0.29, 0.717) is 13.2 Å². The van der Waals surface area contributed by atoms with Crippen LogP contribution in [0.3, 0.4) is 0 Å². The third-order valence-electron chi connectivity index (χ3n) is 3.36. The van der Waals surface area contributed by atoms with Gasteiger partial charge in [-0.1, -0.05) is 23.4 Å². The van der Waals surface area contributed by atoms with E-state index < -0.39 is 0 Å². The van der Waals surface area contributed by atoms with Gasteiger partial charge in [0.05, 0.1) is 19.1 Å². The smallest absolute Gasteiger partial charge is 0.226 e. The van der Waals surface area contributed by atoms with E-state index in [1.165, 1.54) is 0 Å². The van der Waals surface area contributed by atoms with E-state index in [9.17, 15) is 4.79 Å². The lowest BCUT2D eigenvalue weighted by Gasteiger charge is -2.23. The number of amides is 1. The van der Waals surface area contributed by atoms with Gasteiger partial charge < -0.3 is 20.6 Å². The molecule has 1 amide bonds. The van der Waals surface area contributed by atoms with E-state index in [1.807, 2.05) is 30.3 Å². The number of carbonyl (C=O) groups excluding carboxylic acids is 1. The summed E-state index contributed by atoms with van der Waals surface area (Å²) in [5.74, 6) is 0.810. The van der Waals surface area contributed by atoms with Crippen molar-refractivity contribution < 1.29 is 14.7 Å². The lowest BCUT2D eigenvalue weighted by molar-refractivity contribution is -0.131. The van der Waals surface area contributed by atoms with Gasteiger partial charge in [0.25, 0.3) is 0 Å². The molecule has 0 spiro atoms. The van der Waals surface area contributed by atoms with Gasteiger partial charge in [0.1, 0.15) is 5.75 Å². The Morgan fingerprint density at radius 1 is 1.45 bits per heavy atom. The highest BCUT2D eigenvalue weighted by molar-refractivity contribution is 5.90. The minimum atomic E-state index is -0.288. The van der Waals surface area contributed by atoms with Gasteiger partial charge in [-0.3, -0.25) is 4.79 Å². The van der Waals surface area contributed by atoms with Gasteiger partial charge in [-0.05, 0) is 25.0 Å². The first-order valence-electron chi connectivity index (χ1n) is 6.67.